The summed E-state index contributed by atoms with van der Waals surface area (Å²) in [4.78, 5) is 16.8. The molecule has 1 N–H and O–H groups in total. The van der Waals surface area contributed by atoms with Gasteiger partial charge < -0.3 is 15.0 Å². The van der Waals surface area contributed by atoms with E-state index in [9.17, 15) is 4.79 Å². The third-order valence-corrected chi connectivity index (χ3v) is 3.97. The van der Waals surface area contributed by atoms with Crippen LogP contribution in [-0.4, -0.2) is 74.2 Å². The van der Waals surface area contributed by atoms with Crippen molar-refractivity contribution in [2.75, 3.05) is 46.4 Å². The van der Waals surface area contributed by atoms with Crippen LogP contribution in [0.2, 0.25) is 0 Å². The monoisotopic (exact) mass is 255 g/mol. The molecule has 0 aromatic carbocycles. The summed E-state index contributed by atoms with van der Waals surface area (Å²) in [6.07, 6.45) is 1.97. The van der Waals surface area contributed by atoms with Gasteiger partial charge in [-0.3, -0.25) is 9.69 Å². The first kappa shape index (κ1) is 13.8. The standard InChI is InChI=1S/C13H25N3O2/c1-3-15-7-8-18-12(10-15)13(17)16-6-4-5-11(16)9-14-2/h11-12,14H,3-10H2,1-2H3. The molecule has 2 aliphatic rings. The average Bonchev–Trinajstić information content (AvgIpc) is 2.86. The Kier molecular flexibility index (Phi) is 4.97. The summed E-state index contributed by atoms with van der Waals surface area (Å²) in [6, 6.07) is 0.350. The smallest absolute Gasteiger partial charge is 0.253 e. The fourth-order valence-electron chi connectivity index (χ4n) is 2.90. The predicted molar refractivity (Wildman–Crippen MR) is 70.5 cm³/mol. The van der Waals surface area contributed by atoms with Gasteiger partial charge in [0.15, 0.2) is 0 Å². The third-order valence-electron chi connectivity index (χ3n) is 3.97. The number of nitrogens with one attached hydrogen (secondary N) is 1. The lowest BCUT2D eigenvalue weighted by Crippen LogP contribution is -2.53. The van der Waals surface area contributed by atoms with Gasteiger partial charge in [0.25, 0.3) is 5.91 Å². The molecule has 2 atom stereocenters. The van der Waals surface area contributed by atoms with E-state index in [-0.39, 0.29) is 12.0 Å². The van der Waals surface area contributed by atoms with Gasteiger partial charge in [0.2, 0.25) is 0 Å². The van der Waals surface area contributed by atoms with Crippen molar-refractivity contribution in [2.45, 2.75) is 31.9 Å². The van der Waals surface area contributed by atoms with Gasteiger partial charge in [0.1, 0.15) is 6.10 Å². The van der Waals surface area contributed by atoms with Crippen molar-refractivity contribution in [1.82, 2.24) is 15.1 Å². The van der Waals surface area contributed by atoms with Crippen LogP contribution in [0.5, 0.6) is 0 Å². The van der Waals surface area contributed by atoms with E-state index in [1.165, 1.54) is 0 Å². The van der Waals surface area contributed by atoms with Crippen molar-refractivity contribution in [3.63, 3.8) is 0 Å². The second kappa shape index (κ2) is 6.50. The Morgan fingerprint density at radius 2 is 2.28 bits per heavy atom. The van der Waals surface area contributed by atoms with E-state index < -0.39 is 0 Å². The van der Waals surface area contributed by atoms with E-state index in [1.807, 2.05) is 11.9 Å². The summed E-state index contributed by atoms with van der Waals surface area (Å²) in [6.45, 7) is 7.26. The maximum atomic E-state index is 12.5. The molecule has 0 aromatic rings. The van der Waals surface area contributed by atoms with Crippen molar-refractivity contribution in [3.05, 3.63) is 0 Å². The van der Waals surface area contributed by atoms with Gasteiger partial charge in [-0.1, -0.05) is 6.92 Å². The number of likely N-dealkylation sites (N-methyl/N-ethyl adjacent to an activating group) is 2. The number of rotatable bonds is 4. The molecule has 2 unspecified atom stereocenters. The minimum absolute atomic E-state index is 0.186. The number of likely N-dealkylation sites (tertiary alicyclic amines) is 1. The average molecular weight is 255 g/mol. The minimum atomic E-state index is -0.254. The first-order valence-corrected chi connectivity index (χ1v) is 7.05. The van der Waals surface area contributed by atoms with Crippen molar-refractivity contribution in [1.29, 1.82) is 0 Å². The Hall–Kier alpha value is -0.650. The Balaban J connectivity index is 1.93. The second-order valence-corrected chi connectivity index (χ2v) is 5.14. The highest BCUT2D eigenvalue weighted by Crippen LogP contribution is 2.19. The van der Waals surface area contributed by atoms with Gasteiger partial charge in [-0.25, -0.2) is 0 Å². The molecule has 2 rings (SSSR count). The maximum absolute atomic E-state index is 12.5. The normalized spacial score (nSPS) is 29.8. The number of ether oxygens (including phenoxy) is 1. The molecule has 2 fully saturated rings. The van der Waals surface area contributed by atoms with Crippen LogP contribution in [0.1, 0.15) is 19.8 Å². The number of morpholine rings is 1. The van der Waals surface area contributed by atoms with Gasteiger partial charge in [-0.2, -0.15) is 0 Å². The highest BCUT2D eigenvalue weighted by Gasteiger charge is 2.35. The van der Waals surface area contributed by atoms with Crippen LogP contribution in [0.15, 0.2) is 0 Å². The van der Waals surface area contributed by atoms with E-state index >= 15 is 0 Å². The third kappa shape index (κ3) is 3.02. The zero-order valence-corrected chi connectivity index (χ0v) is 11.5. The van der Waals surface area contributed by atoms with Gasteiger partial charge in [0, 0.05) is 32.2 Å². The van der Waals surface area contributed by atoms with Crippen LogP contribution in [0, 0.1) is 0 Å². The van der Waals surface area contributed by atoms with Crippen molar-refractivity contribution in [3.8, 4) is 0 Å². The molecule has 18 heavy (non-hydrogen) atoms. The molecule has 0 aliphatic carbocycles. The highest BCUT2D eigenvalue weighted by atomic mass is 16.5. The summed E-state index contributed by atoms with van der Waals surface area (Å²) < 4.78 is 5.66. The molecule has 0 spiro atoms. The molecule has 0 bridgehead atoms. The van der Waals surface area contributed by atoms with Crippen LogP contribution in [0.25, 0.3) is 0 Å². The van der Waals surface area contributed by atoms with Gasteiger partial charge in [-0.15, -0.1) is 0 Å². The fraction of sp³-hybridized carbons (Fsp3) is 0.923. The highest BCUT2D eigenvalue weighted by molar-refractivity contribution is 5.82. The molecule has 5 heteroatoms. The van der Waals surface area contributed by atoms with Crippen molar-refractivity contribution < 1.29 is 9.53 Å². The molecule has 0 saturated carbocycles. The van der Waals surface area contributed by atoms with Crippen molar-refractivity contribution in [2.24, 2.45) is 0 Å². The van der Waals surface area contributed by atoms with E-state index in [0.717, 1.165) is 45.6 Å². The zero-order chi connectivity index (χ0) is 13.0. The molecule has 104 valence electrons. The SMILES string of the molecule is CCN1CCOC(C(=O)N2CCCC2CNC)C1. The molecular formula is C13H25N3O2. The lowest BCUT2D eigenvalue weighted by molar-refractivity contribution is -0.150. The van der Waals surface area contributed by atoms with E-state index in [4.69, 9.17) is 4.74 Å². The maximum Gasteiger partial charge on any atom is 0.253 e. The molecule has 2 aliphatic heterocycles. The summed E-state index contributed by atoms with van der Waals surface area (Å²) >= 11 is 0. The summed E-state index contributed by atoms with van der Waals surface area (Å²) in [5, 5.41) is 3.17. The van der Waals surface area contributed by atoms with E-state index in [1.54, 1.807) is 0 Å². The Morgan fingerprint density at radius 1 is 1.44 bits per heavy atom. The quantitative estimate of drug-likeness (QED) is 0.763. The minimum Gasteiger partial charge on any atom is -0.366 e. The lowest BCUT2D eigenvalue weighted by Gasteiger charge is -2.35. The largest absolute Gasteiger partial charge is 0.366 e. The number of carbonyl (C=O) groups is 1. The van der Waals surface area contributed by atoms with Gasteiger partial charge in [0.05, 0.1) is 6.61 Å². The van der Waals surface area contributed by atoms with Gasteiger partial charge in [-0.05, 0) is 26.4 Å². The molecule has 1 amide bonds. The van der Waals surface area contributed by atoms with Crippen LogP contribution >= 0.6 is 0 Å². The molecular weight excluding hydrogens is 230 g/mol. The molecule has 0 radical (unpaired) electrons. The first-order valence-electron chi connectivity index (χ1n) is 7.05. The van der Waals surface area contributed by atoms with Crippen LogP contribution in [-0.2, 0) is 9.53 Å². The topological polar surface area (TPSA) is 44.8 Å². The number of hydrogen-bond acceptors (Lipinski definition) is 4. The lowest BCUT2D eigenvalue weighted by atomic mass is 10.2. The zero-order valence-electron chi connectivity index (χ0n) is 11.5. The number of hydrogen-bond donors (Lipinski definition) is 1. The van der Waals surface area contributed by atoms with E-state index in [0.29, 0.717) is 12.6 Å². The molecule has 0 aromatic heterocycles. The Bertz CT molecular complexity index is 285. The first-order chi connectivity index (χ1) is 8.76. The number of amides is 1. The second-order valence-electron chi connectivity index (χ2n) is 5.14. The fourth-order valence-corrected chi connectivity index (χ4v) is 2.90. The van der Waals surface area contributed by atoms with Crippen LogP contribution in [0.3, 0.4) is 0 Å². The summed E-state index contributed by atoms with van der Waals surface area (Å²) in [7, 11) is 1.94. The predicted octanol–water partition coefficient (Wildman–Crippen LogP) is -0.0825. The molecule has 5 nitrogen and oxygen atoms in total. The molecule has 2 saturated heterocycles. The van der Waals surface area contributed by atoms with Crippen molar-refractivity contribution >= 4 is 5.91 Å². The summed E-state index contributed by atoms with van der Waals surface area (Å²) in [5.74, 6) is 0.186. The van der Waals surface area contributed by atoms with E-state index in [2.05, 4.69) is 17.1 Å². The Labute approximate surface area is 109 Å². The van der Waals surface area contributed by atoms with Crippen LogP contribution in [0.4, 0.5) is 0 Å². The summed E-state index contributed by atoms with van der Waals surface area (Å²) in [5.41, 5.74) is 0. The number of carbonyl (C=O) groups excluding carboxylic acids is 1. The number of nitrogens with zero attached hydrogens (tertiary/aromatic N) is 2. The molecule has 2 heterocycles. The Morgan fingerprint density at radius 3 is 3.00 bits per heavy atom. The van der Waals surface area contributed by atoms with Crippen LogP contribution < -0.4 is 5.32 Å². The van der Waals surface area contributed by atoms with Gasteiger partial charge >= 0.3 is 0 Å².